The average molecular weight is 409 g/mol. The summed E-state index contributed by atoms with van der Waals surface area (Å²) in [6.45, 7) is 1.86. The number of para-hydroxylation sites is 2. The summed E-state index contributed by atoms with van der Waals surface area (Å²) in [6.07, 6.45) is 3.02. The Bertz CT molecular complexity index is 1110. The van der Waals surface area contributed by atoms with Gasteiger partial charge in [-0.05, 0) is 42.8 Å². The van der Waals surface area contributed by atoms with E-state index in [-0.39, 0.29) is 5.82 Å². The number of ether oxygens (including phenoxy) is 1. The third kappa shape index (κ3) is 4.78. The van der Waals surface area contributed by atoms with E-state index in [4.69, 9.17) is 16.3 Å². The van der Waals surface area contributed by atoms with Crippen molar-refractivity contribution in [2.75, 3.05) is 6.54 Å². The number of benzene rings is 3. The van der Waals surface area contributed by atoms with Crippen molar-refractivity contribution in [3.05, 3.63) is 100 Å². The van der Waals surface area contributed by atoms with Gasteiger partial charge in [0.25, 0.3) is 0 Å². The second kappa shape index (κ2) is 9.12. The van der Waals surface area contributed by atoms with Crippen LogP contribution < -0.4 is 10.1 Å². The van der Waals surface area contributed by atoms with Crippen molar-refractivity contribution in [2.24, 2.45) is 0 Å². The Morgan fingerprint density at radius 3 is 2.66 bits per heavy atom. The summed E-state index contributed by atoms with van der Waals surface area (Å²) in [5.74, 6) is 0.450. The molecule has 1 heterocycles. The van der Waals surface area contributed by atoms with Crippen LogP contribution in [0.5, 0.6) is 5.75 Å². The number of hydrogen-bond acceptors (Lipinski definition) is 2. The third-order valence-electron chi connectivity index (χ3n) is 4.93. The van der Waals surface area contributed by atoms with Crippen LogP contribution in [0.25, 0.3) is 10.9 Å². The van der Waals surface area contributed by atoms with Crippen LogP contribution in [0, 0.1) is 5.82 Å². The maximum atomic E-state index is 13.2. The summed E-state index contributed by atoms with van der Waals surface area (Å²) in [5, 5.41) is 5.14. The van der Waals surface area contributed by atoms with Crippen LogP contribution in [0.3, 0.4) is 0 Å². The molecule has 0 fully saturated rings. The van der Waals surface area contributed by atoms with Crippen LogP contribution in [0.15, 0.2) is 72.9 Å². The normalized spacial score (nSPS) is 11.1. The lowest BCUT2D eigenvalue weighted by Gasteiger charge is -2.13. The van der Waals surface area contributed by atoms with Crippen LogP contribution >= 0.6 is 11.6 Å². The second-order valence-corrected chi connectivity index (χ2v) is 7.33. The molecule has 0 aliphatic rings. The van der Waals surface area contributed by atoms with Gasteiger partial charge in [0.05, 0.1) is 5.02 Å². The van der Waals surface area contributed by atoms with Crippen LogP contribution in [0.4, 0.5) is 4.39 Å². The van der Waals surface area contributed by atoms with E-state index in [9.17, 15) is 4.39 Å². The van der Waals surface area contributed by atoms with Gasteiger partial charge < -0.3 is 15.0 Å². The molecule has 2 N–H and O–H groups in total. The van der Waals surface area contributed by atoms with Gasteiger partial charge in [0.15, 0.2) is 0 Å². The van der Waals surface area contributed by atoms with Gasteiger partial charge in [-0.2, -0.15) is 0 Å². The Morgan fingerprint density at radius 1 is 0.931 bits per heavy atom. The molecule has 0 radical (unpaired) electrons. The van der Waals surface area contributed by atoms with Gasteiger partial charge in [0, 0.05) is 34.8 Å². The maximum Gasteiger partial charge on any atom is 0.124 e. The highest BCUT2D eigenvalue weighted by Crippen LogP contribution is 2.23. The average Bonchev–Trinajstić information content (AvgIpc) is 3.14. The van der Waals surface area contributed by atoms with Crippen molar-refractivity contribution in [1.29, 1.82) is 0 Å². The first-order valence-electron chi connectivity index (χ1n) is 9.61. The largest absolute Gasteiger partial charge is 0.489 e. The summed E-state index contributed by atoms with van der Waals surface area (Å²) in [7, 11) is 0. The van der Waals surface area contributed by atoms with E-state index >= 15 is 0 Å². The molecular formula is C24H22ClFN2O. The number of hydrogen-bond donors (Lipinski definition) is 2. The maximum absolute atomic E-state index is 13.2. The zero-order valence-electron chi connectivity index (χ0n) is 15.9. The highest BCUT2D eigenvalue weighted by molar-refractivity contribution is 6.31. The first kappa shape index (κ1) is 19.5. The molecule has 0 aliphatic carbocycles. The highest BCUT2D eigenvalue weighted by atomic mass is 35.5. The van der Waals surface area contributed by atoms with Crippen LogP contribution in [-0.4, -0.2) is 11.5 Å². The minimum atomic E-state index is -0.349. The SMILES string of the molecule is Fc1ccc(COc2ccccc2CNCCc2c[nH]c3ccccc23)c(Cl)c1. The zero-order chi connectivity index (χ0) is 20.1. The van der Waals surface area contributed by atoms with Gasteiger partial charge in [-0.3, -0.25) is 0 Å². The van der Waals surface area contributed by atoms with E-state index in [0.29, 0.717) is 18.2 Å². The van der Waals surface area contributed by atoms with Crippen LogP contribution in [0.2, 0.25) is 5.02 Å². The molecule has 4 rings (SSSR count). The van der Waals surface area contributed by atoms with Gasteiger partial charge >= 0.3 is 0 Å². The van der Waals surface area contributed by atoms with Gasteiger partial charge in [-0.15, -0.1) is 0 Å². The minimum Gasteiger partial charge on any atom is -0.489 e. The van der Waals surface area contributed by atoms with Crippen molar-refractivity contribution < 1.29 is 9.13 Å². The van der Waals surface area contributed by atoms with Crippen molar-refractivity contribution in [3.63, 3.8) is 0 Å². The van der Waals surface area contributed by atoms with E-state index < -0.39 is 0 Å². The molecule has 1 aromatic heterocycles. The number of aromatic amines is 1. The first-order chi connectivity index (χ1) is 14.2. The number of fused-ring (bicyclic) bond motifs is 1. The van der Waals surface area contributed by atoms with Crippen molar-refractivity contribution in [3.8, 4) is 5.75 Å². The quantitative estimate of drug-likeness (QED) is 0.358. The van der Waals surface area contributed by atoms with Crippen LogP contribution in [0.1, 0.15) is 16.7 Å². The van der Waals surface area contributed by atoms with Gasteiger partial charge in [-0.25, -0.2) is 4.39 Å². The topological polar surface area (TPSA) is 37.0 Å². The highest BCUT2D eigenvalue weighted by Gasteiger charge is 2.07. The van der Waals surface area contributed by atoms with Gasteiger partial charge in [0.1, 0.15) is 18.2 Å². The lowest BCUT2D eigenvalue weighted by atomic mass is 10.1. The standard InChI is InChI=1S/C24H22ClFN2O/c25-22-13-20(26)10-9-19(22)16-29-24-8-4-1-5-18(24)14-27-12-11-17-15-28-23-7-3-2-6-21(17)23/h1-10,13,15,27-28H,11-12,14,16H2. The molecule has 29 heavy (non-hydrogen) atoms. The smallest absolute Gasteiger partial charge is 0.124 e. The molecule has 0 saturated carbocycles. The molecule has 4 aromatic rings. The molecule has 0 amide bonds. The third-order valence-corrected chi connectivity index (χ3v) is 5.28. The van der Waals surface area contributed by atoms with E-state index in [0.717, 1.165) is 29.8 Å². The molecule has 3 nitrogen and oxygen atoms in total. The Kier molecular flexibility index (Phi) is 6.13. The number of halogens is 2. The monoisotopic (exact) mass is 408 g/mol. The van der Waals surface area contributed by atoms with E-state index in [1.807, 2.05) is 30.3 Å². The Morgan fingerprint density at radius 2 is 1.76 bits per heavy atom. The molecule has 0 bridgehead atoms. The predicted octanol–water partition coefficient (Wildman–Crippen LogP) is 5.87. The predicted molar refractivity (Wildman–Crippen MR) is 116 cm³/mol. The number of nitrogens with one attached hydrogen (secondary N) is 2. The van der Waals surface area contributed by atoms with Crippen molar-refractivity contribution in [2.45, 2.75) is 19.6 Å². The molecular weight excluding hydrogens is 387 g/mol. The van der Waals surface area contributed by atoms with E-state index in [2.05, 4.69) is 34.7 Å². The van der Waals surface area contributed by atoms with Gasteiger partial charge in [0.2, 0.25) is 0 Å². The molecule has 148 valence electrons. The summed E-state index contributed by atoms with van der Waals surface area (Å²) in [4.78, 5) is 3.31. The van der Waals surface area contributed by atoms with E-state index in [1.165, 1.54) is 28.6 Å². The summed E-state index contributed by atoms with van der Waals surface area (Å²) in [5.41, 5.74) is 4.31. The first-order valence-corrected chi connectivity index (χ1v) is 9.99. The second-order valence-electron chi connectivity index (χ2n) is 6.92. The lowest BCUT2D eigenvalue weighted by molar-refractivity contribution is 0.302. The minimum absolute atomic E-state index is 0.297. The molecule has 0 saturated heterocycles. The van der Waals surface area contributed by atoms with Crippen molar-refractivity contribution in [1.82, 2.24) is 10.3 Å². The molecule has 0 unspecified atom stereocenters. The number of rotatable bonds is 8. The van der Waals surface area contributed by atoms with Gasteiger partial charge in [-0.1, -0.05) is 54.1 Å². The molecule has 0 spiro atoms. The Balaban J connectivity index is 1.33. The fourth-order valence-electron chi connectivity index (χ4n) is 3.37. The summed E-state index contributed by atoms with van der Waals surface area (Å²) >= 11 is 6.09. The van der Waals surface area contributed by atoms with Crippen LogP contribution in [-0.2, 0) is 19.6 Å². The van der Waals surface area contributed by atoms with Crippen molar-refractivity contribution >= 4 is 22.5 Å². The molecule has 0 atom stereocenters. The number of aromatic nitrogens is 1. The Labute approximate surface area is 174 Å². The fourth-order valence-corrected chi connectivity index (χ4v) is 3.59. The lowest BCUT2D eigenvalue weighted by Crippen LogP contribution is -2.17. The van der Waals surface area contributed by atoms with E-state index in [1.54, 1.807) is 6.07 Å². The fraction of sp³-hybridized carbons (Fsp3) is 0.167. The molecule has 5 heteroatoms. The molecule has 3 aromatic carbocycles. The number of H-pyrrole nitrogens is 1. The Hall–Kier alpha value is -2.82. The summed E-state index contributed by atoms with van der Waals surface area (Å²) < 4.78 is 19.2. The zero-order valence-corrected chi connectivity index (χ0v) is 16.7. The summed E-state index contributed by atoms with van der Waals surface area (Å²) in [6, 6.07) is 20.6. The molecule has 0 aliphatic heterocycles.